The van der Waals surface area contributed by atoms with E-state index in [0.717, 1.165) is 37.9 Å². The van der Waals surface area contributed by atoms with Crippen LogP contribution in [-0.2, 0) is 11.3 Å². The minimum atomic E-state index is -0.00876. The van der Waals surface area contributed by atoms with Crippen LogP contribution in [0.25, 0.3) is 0 Å². The third-order valence-electron chi connectivity index (χ3n) is 3.39. The van der Waals surface area contributed by atoms with Crippen molar-refractivity contribution >= 4 is 22.9 Å². The van der Waals surface area contributed by atoms with Crippen LogP contribution in [0.2, 0.25) is 0 Å². The summed E-state index contributed by atoms with van der Waals surface area (Å²) in [5, 5.41) is 8.35. The number of likely N-dealkylation sites (N-methyl/N-ethyl adjacent to an activating group) is 1. The maximum absolute atomic E-state index is 11.1. The summed E-state index contributed by atoms with van der Waals surface area (Å²) in [4.78, 5) is 14.8. The van der Waals surface area contributed by atoms with Gasteiger partial charge in [-0.1, -0.05) is 6.92 Å². The highest BCUT2D eigenvalue weighted by Crippen LogP contribution is 2.26. The lowest BCUT2D eigenvalue weighted by Gasteiger charge is -2.19. The fourth-order valence-corrected chi connectivity index (χ4v) is 3.04. The second-order valence-electron chi connectivity index (χ2n) is 4.98. The Labute approximate surface area is 119 Å². The number of hydrogen-bond acceptors (Lipinski definition) is 4. The van der Waals surface area contributed by atoms with Crippen molar-refractivity contribution in [2.45, 2.75) is 39.3 Å². The number of nitrogens with one attached hydrogen (secondary N) is 2. The summed E-state index contributed by atoms with van der Waals surface area (Å²) in [6.45, 7) is 7.86. The van der Waals surface area contributed by atoms with E-state index < -0.39 is 0 Å². The molecule has 0 spiro atoms. The second-order valence-corrected chi connectivity index (χ2v) is 5.98. The van der Waals surface area contributed by atoms with Crippen molar-refractivity contribution in [2.75, 3.05) is 25.0 Å². The smallest absolute Gasteiger partial charge is 0.221 e. The minimum Gasteiger partial charge on any atom is -0.325 e. The van der Waals surface area contributed by atoms with E-state index in [2.05, 4.69) is 22.5 Å². The van der Waals surface area contributed by atoms with Crippen molar-refractivity contribution in [1.29, 1.82) is 0 Å². The summed E-state index contributed by atoms with van der Waals surface area (Å²) in [5.74, 6) is -0.00876. The number of nitrogens with zero attached hydrogens (tertiary/aromatic N) is 1. The van der Waals surface area contributed by atoms with Crippen molar-refractivity contribution in [3.63, 3.8) is 0 Å². The molecule has 1 aliphatic rings. The van der Waals surface area contributed by atoms with E-state index in [0.29, 0.717) is 0 Å². The Balaban J connectivity index is 1.70. The van der Waals surface area contributed by atoms with Gasteiger partial charge in [0.1, 0.15) is 0 Å². The van der Waals surface area contributed by atoms with E-state index in [4.69, 9.17) is 0 Å². The summed E-state index contributed by atoms with van der Waals surface area (Å²) < 4.78 is 0. The normalized spacial score (nSPS) is 14.9. The third-order valence-corrected chi connectivity index (χ3v) is 4.31. The van der Waals surface area contributed by atoms with Gasteiger partial charge in [0, 0.05) is 37.5 Å². The van der Waals surface area contributed by atoms with Crippen LogP contribution < -0.4 is 10.6 Å². The molecule has 0 radical (unpaired) electrons. The lowest BCUT2D eigenvalue weighted by atomic mass is 10.3. The summed E-state index contributed by atoms with van der Waals surface area (Å²) in [7, 11) is 0. The Bertz CT molecular complexity index is 415. The van der Waals surface area contributed by atoms with Gasteiger partial charge < -0.3 is 10.6 Å². The van der Waals surface area contributed by atoms with Crippen LogP contribution in [-0.4, -0.2) is 36.5 Å². The van der Waals surface area contributed by atoms with Crippen LogP contribution in [0.5, 0.6) is 0 Å². The molecule has 19 heavy (non-hydrogen) atoms. The Kier molecular flexibility index (Phi) is 5.36. The third kappa shape index (κ3) is 4.60. The highest BCUT2D eigenvalue weighted by molar-refractivity contribution is 7.10. The quantitative estimate of drug-likeness (QED) is 0.719. The predicted molar refractivity (Wildman–Crippen MR) is 80.6 cm³/mol. The first kappa shape index (κ1) is 14.5. The van der Waals surface area contributed by atoms with Crippen LogP contribution in [0.3, 0.4) is 0 Å². The average molecular weight is 281 g/mol. The first-order valence-electron chi connectivity index (χ1n) is 6.99. The molecule has 1 amide bonds. The first-order chi connectivity index (χ1) is 9.20. The molecule has 1 heterocycles. The largest absolute Gasteiger partial charge is 0.325 e. The van der Waals surface area contributed by atoms with E-state index in [1.54, 1.807) is 18.3 Å². The van der Waals surface area contributed by atoms with Crippen molar-refractivity contribution in [3.8, 4) is 0 Å². The van der Waals surface area contributed by atoms with Crippen molar-refractivity contribution in [3.05, 3.63) is 16.3 Å². The molecule has 2 N–H and O–H groups in total. The molecule has 0 aromatic carbocycles. The van der Waals surface area contributed by atoms with Gasteiger partial charge >= 0.3 is 0 Å². The topological polar surface area (TPSA) is 44.4 Å². The molecule has 0 aliphatic heterocycles. The first-order valence-corrected chi connectivity index (χ1v) is 7.87. The van der Waals surface area contributed by atoms with Crippen LogP contribution in [0, 0.1) is 0 Å². The van der Waals surface area contributed by atoms with Crippen molar-refractivity contribution in [2.24, 2.45) is 0 Å². The van der Waals surface area contributed by atoms with Crippen molar-refractivity contribution < 1.29 is 4.79 Å². The Morgan fingerprint density at radius 3 is 2.95 bits per heavy atom. The minimum absolute atomic E-state index is 0.00876. The van der Waals surface area contributed by atoms with E-state index in [9.17, 15) is 4.79 Å². The number of thiophene rings is 1. The number of anilines is 1. The van der Waals surface area contributed by atoms with Crippen LogP contribution >= 0.6 is 11.3 Å². The predicted octanol–water partition coefficient (Wildman–Crippen LogP) is 2.28. The molecule has 0 unspecified atom stereocenters. The molecule has 2 rings (SSSR count). The van der Waals surface area contributed by atoms with Crippen molar-refractivity contribution in [1.82, 2.24) is 10.2 Å². The highest BCUT2D eigenvalue weighted by atomic mass is 32.1. The van der Waals surface area contributed by atoms with Crippen LogP contribution in [0.1, 0.15) is 31.6 Å². The SMILES string of the molecule is CCN(CCNCc1sccc1NC(C)=O)C1CC1. The van der Waals surface area contributed by atoms with Crippen LogP contribution in [0.15, 0.2) is 11.4 Å². The molecule has 0 saturated heterocycles. The summed E-state index contributed by atoms with van der Waals surface area (Å²) in [6.07, 6.45) is 2.73. The van der Waals surface area contributed by atoms with Gasteiger partial charge in [-0.05, 0) is 30.8 Å². The summed E-state index contributed by atoms with van der Waals surface area (Å²) in [6, 6.07) is 2.80. The van der Waals surface area contributed by atoms with Gasteiger partial charge in [-0.2, -0.15) is 0 Å². The van der Waals surface area contributed by atoms with Gasteiger partial charge in [-0.3, -0.25) is 9.69 Å². The molecule has 1 fully saturated rings. The molecule has 1 saturated carbocycles. The molecule has 5 heteroatoms. The number of rotatable bonds is 8. The van der Waals surface area contributed by atoms with Crippen LogP contribution in [0.4, 0.5) is 5.69 Å². The van der Waals surface area contributed by atoms with E-state index in [1.807, 2.05) is 11.4 Å². The molecule has 1 aromatic heterocycles. The standard InChI is InChI=1S/C14H23N3OS/c1-3-17(12-4-5-12)8-7-15-10-14-13(6-9-19-14)16-11(2)18/h6,9,12,15H,3-5,7-8,10H2,1-2H3,(H,16,18). The zero-order chi connectivity index (χ0) is 13.7. The summed E-state index contributed by atoms with van der Waals surface area (Å²) >= 11 is 1.68. The fraction of sp³-hybridized carbons (Fsp3) is 0.643. The monoisotopic (exact) mass is 281 g/mol. The summed E-state index contributed by atoms with van der Waals surface area (Å²) in [5.41, 5.74) is 0.944. The molecule has 4 nitrogen and oxygen atoms in total. The Hall–Kier alpha value is -0.910. The number of carbonyl (C=O) groups is 1. The number of carbonyl (C=O) groups excluding carboxylic acids is 1. The molecule has 0 bridgehead atoms. The Morgan fingerprint density at radius 1 is 1.53 bits per heavy atom. The van der Waals surface area contributed by atoms with E-state index in [-0.39, 0.29) is 5.91 Å². The average Bonchev–Trinajstić information content (AvgIpc) is 3.12. The van der Waals surface area contributed by atoms with Gasteiger partial charge in [0.15, 0.2) is 0 Å². The maximum Gasteiger partial charge on any atom is 0.221 e. The highest BCUT2D eigenvalue weighted by Gasteiger charge is 2.26. The van der Waals surface area contributed by atoms with Gasteiger partial charge in [0.2, 0.25) is 5.91 Å². The lowest BCUT2D eigenvalue weighted by Crippen LogP contribution is -2.33. The molecule has 106 valence electrons. The van der Waals surface area contributed by atoms with Gasteiger partial charge in [0.25, 0.3) is 0 Å². The van der Waals surface area contributed by atoms with Gasteiger partial charge in [-0.15, -0.1) is 11.3 Å². The zero-order valence-electron chi connectivity index (χ0n) is 11.7. The Morgan fingerprint density at radius 2 is 2.32 bits per heavy atom. The maximum atomic E-state index is 11.1. The molecule has 1 aromatic rings. The molecule has 0 atom stereocenters. The number of hydrogen-bond donors (Lipinski definition) is 2. The van der Waals surface area contributed by atoms with Gasteiger partial charge in [0.05, 0.1) is 5.69 Å². The zero-order valence-corrected chi connectivity index (χ0v) is 12.6. The molecular weight excluding hydrogens is 258 g/mol. The van der Waals surface area contributed by atoms with E-state index in [1.165, 1.54) is 17.7 Å². The fourth-order valence-electron chi connectivity index (χ4n) is 2.24. The molecular formula is C14H23N3OS. The van der Waals surface area contributed by atoms with Gasteiger partial charge in [-0.25, -0.2) is 0 Å². The molecule has 1 aliphatic carbocycles. The van der Waals surface area contributed by atoms with E-state index >= 15 is 0 Å². The lowest BCUT2D eigenvalue weighted by molar-refractivity contribution is -0.114. The number of amides is 1. The second kappa shape index (κ2) is 7.03.